The first-order chi connectivity index (χ1) is 14.2. The van der Waals surface area contributed by atoms with Gasteiger partial charge in [-0.25, -0.2) is 4.98 Å². The average molecular weight is 401 g/mol. The number of aliphatic hydroxyl groups excluding tert-OH is 1. The summed E-state index contributed by atoms with van der Waals surface area (Å²) in [5, 5.41) is 12.3. The molecule has 7 nitrogen and oxygen atoms in total. The molecule has 0 atom stereocenters. The summed E-state index contributed by atoms with van der Waals surface area (Å²) in [5.41, 5.74) is 1.06. The first-order valence-electron chi connectivity index (χ1n) is 11.1. The maximum Gasteiger partial charge on any atom is 0.237 e. The Kier molecular flexibility index (Phi) is 6.45. The van der Waals surface area contributed by atoms with Gasteiger partial charge >= 0.3 is 0 Å². The minimum Gasteiger partial charge on any atom is -0.390 e. The second-order valence-corrected chi connectivity index (χ2v) is 8.59. The summed E-state index contributed by atoms with van der Waals surface area (Å²) in [6.45, 7) is 1.77. The lowest BCUT2D eigenvalue weighted by Gasteiger charge is -2.41. The largest absolute Gasteiger partial charge is 0.390 e. The third-order valence-electron chi connectivity index (χ3n) is 6.63. The fraction of sp³-hybridized carbons (Fsp3) is 0.682. The van der Waals surface area contributed by atoms with Crippen LogP contribution in [-0.4, -0.2) is 52.0 Å². The van der Waals surface area contributed by atoms with Gasteiger partial charge in [0.15, 0.2) is 5.82 Å². The van der Waals surface area contributed by atoms with Crippen LogP contribution in [0, 0.1) is 0 Å². The Hall–Kier alpha value is -1.99. The molecule has 1 aromatic rings. The van der Waals surface area contributed by atoms with Crippen LogP contribution in [0.4, 0.5) is 11.5 Å². The predicted octanol–water partition coefficient (Wildman–Crippen LogP) is 2.83. The summed E-state index contributed by atoms with van der Waals surface area (Å²) in [7, 11) is 0. The second kappa shape index (κ2) is 9.22. The number of pyridine rings is 1. The molecular formula is C22H32N4O3. The molecule has 158 valence electrons. The number of hydrogen-bond donors (Lipinski definition) is 2. The number of likely N-dealkylation sites (tertiary alicyclic amines) is 1. The number of fused-ring (bicyclic) bond motifs is 1. The molecule has 0 bridgehead atoms. The highest BCUT2D eigenvalue weighted by Crippen LogP contribution is 2.33. The predicted molar refractivity (Wildman–Crippen MR) is 112 cm³/mol. The summed E-state index contributed by atoms with van der Waals surface area (Å²) in [6, 6.07) is 4.14. The van der Waals surface area contributed by atoms with E-state index in [1.165, 1.54) is 44.9 Å². The highest BCUT2D eigenvalue weighted by Gasteiger charge is 2.36. The molecular weight excluding hydrogens is 368 g/mol. The number of piperidine rings is 1. The van der Waals surface area contributed by atoms with Gasteiger partial charge in [0, 0.05) is 25.2 Å². The first kappa shape index (κ1) is 20.3. The molecule has 2 aliphatic heterocycles. The fourth-order valence-corrected chi connectivity index (χ4v) is 5.08. The van der Waals surface area contributed by atoms with Crippen LogP contribution < -0.4 is 10.2 Å². The van der Waals surface area contributed by atoms with Gasteiger partial charge in [0.05, 0.1) is 18.0 Å². The van der Waals surface area contributed by atoms with Crippen molar-refractivity contribution in [3.63, 3.8) is 0 Å². The summed E-state index contributed by atoms with van der Waals surface area (Å²) in [6.07, 6.45) is 10.9. The van der Waals surface area contributed by atoms with E-state index in [1.54, 1.807) is 17.0 Å². The van der Waals surface area contributed by atoms with Crippen molar-refractivity contribution >= 4 is 23.3 Å². The smallest absolute Gasteiger partial charge is 0.237 e. The standard InChI is InChI=1S/C22H32N4O3/c27-15-16-8-9-19-22(23-16)26(21(29)14-20(28)24-19)18-10-12-25(13-11-18)17-6-4-2-1-3-5-7-17/h8-9,17-18,27H,1-7,10-15H2,(H,24,28). The number of carbonyl (C=O) groups excluding carboxylic acids is 2. The first-order valence-corrected chi connectivity index (χ1v) is 11.1. The van der Waals surface area contributed by atoms with Crippen LogP contribution in [0.25, 0.3) is 0 Å². The van der Waals surface area contributed by atoms with E-state index in [4.69, 9.17) is 0 Å². The maximum atomic E-state index is 12.9. The van der Waals surface area contributed by atoms with Gasteiger partial charge in [-0.3, -0.25) is 14.5 Å². The van der Waals surface area contributed by atoms with Crippen molar-refractivity contribution in [1.29, 1.82) is 0 Å². The van der Waals surface area contributed by atoms with Gasteiger partial charge < -0.3 is 15.3 Å². The Labute approximate surface area is 172 Å². The topological polar surface area (TPSA) is 85.8 Å². The van der Waals surface area contributed by atoms with Crippen molar-refractivity contribution < 1.29 is 14.7 Å². The van der Waals surface area contributed by atoms with E-state index in [0.717, 1.165) is 25.9 Å². The van der Waals surface area contributed by atoms with Gasteiger partial charge in [-0.15, -0.1) is 0 Å². The molecule has 0 unspecified atom stereocenters. The monoisotopic (exact) mass is 400 g/mol. The minimum atomic E-state index is -0.302. The Balaban J connectivity index is 1.49. The van der Waals surface area contributed by atoms with E-state index in [2.05, 4.69) is 15.2 Å². The van der Waals surface area contributed by atoms with Gasteiger partial charge in [-0.05, 0) is 37.8 Å². The van der Waals surface area contributed by atoms with Crippen LogP contribution in [-0.2, 0) is 16.2 Å². The Morgan fingerprint density at radius 1 is 0.966 bits per heavy atom. The molecule has 1 aliphatic carbocycles. The van der Waals surface area contributed by atoms with E-state index in [0.29, 0.717) is 23.2 Å². The number of aliphatic hydroxyl groups is 1. The summed E-state index contributed by atoms with van der Waals surface area (Å²) < 4.78 is 0. The molecule has 3 heterocycles. The highest BCUT2D eigenvalue weighted by atomic mass is 16.3. The quantitative estimate of drug-likeness (QED) is 0.762. The molecule has 0 radical (unpaired) electrons. The Morgan fingerprint density at radius 3 is 2.34 bits per heavy atom. The summed E-state index contributed by atoms with van der Waals surface area (Å²) in [5.74, 6) is -0.0192. The average Bonchev–Trinajstić information content (AvgIpc) is 2.82. The lowest BCUT2D eigenvalue weighted by Crippen LogP contribution is -2.50. The zero-order chi connectivity index (χ0) is 20.2. The molecule has 2 N–H and O–H groups in total. The number of anilines is 2. The molecule has 1 saturated carbocycles. The van der Waals surface area contributed by atoms with Gasteiger partial charge in [0.1, 0.15) is 6.42 Å². The normalized spacial score (nSPS) is 23.1. The van der Waals surface area contributed by atoms with Gasteiger partial charge in [0.2, 0.25) is 11.8 Å². The lowest BCUT2D eigenvalue weighted by atomic mass is 9.93. The third kappa shape index (κ3) is 4.61. The number of rotatable bonds is 3. The van der Waals surface area contributed by atoms with Crippen LogP contribution in [0.3, 0.4) is 0 Å². The maximum absolute atomic E-state index is 12.9. The minimum absolute atomic E-state index is 0.0419. The lowest BCUT2D eigenvalue weighted by molar-refractivity contribution is -0.125. The van der Waals surface area contributed by atoms with Crippen molar-refractivity contribution in [1.82, 2.24) is 9.88 Å². The van der Waals surface area contributed by atoms with Crippen LogP contribution in [0.1, 0.15) is 69.9 Å². The number of aromatic nitrogens is 1. The van der Waals surface area contributed by atoms with Crippen molar-refractivity contribution in [2.75, 3.05) is 23.3 Å². The van der Waals surface area contributed by atoms with E-state index >= 15 is 0 Å². The molecule has 3 aliphatic rings. The van der Waals surface area contributed by atoms with Crippen LogP contribution >= 0.6 is 0 Å². The van der Waals surface area contributed by atoms with Crippen molar-refractivity contribution in [3.05, 3.63) is 17.8 Å². The third-order valence-corrected chi connectivity index (χ3v) is 6.63. The molecule has 29 heavy (non-hydrogen) atoms. The van der Waals surface area contributed by atoms with E-state index in [9.17, 15) is 14.7 Å². The Morgan fingerprint density at radius 2 is 1.66 bits per heavy atom. The zero-order valence-corrected chi connectivity index (χ0v) is 17.1. The number of nitrogens with one attached hydrogen (secondary N) is 1. The number of amides is 2. The SMILES string of the molecule is O=C1CC(=O)N(C2CCN(C3CCCCCCC3)CC2)c2nc(CO)ccc2N1. The summed E-state index contributed by atoms with van der Waals surface area (Å²) in [4.78, 5) is 33.8. The van der Waals surface area contributed by atoms with Crippen LogP contribution in [0.2, 0.25) is 0 Å². The van der Waals surface area contributed by atoms with Gasteiger partial charge in [-0.1, -0.05) is 32.1 Å². The molecule has 4 rings (SSSR count). The molecule has 2 fully saturated rings. The number of carbonyl (C=O) groups is 2. The van der Waals surface area contributed by atoms with Gasteiger partial charge in [0.25, 0.3) is 0 Å². The van der Waals surface area contributed by atoms with Crippen molar-refractivity contribution in [2.24, 2.45) is 0 Å². The van der Waals surface area contributed by atoms with Gasteiger partial charge in [-0.2, -0.15) is 0 Å². The van der Waals surface area contributed by atoms with E-state index < -0.39 is 0 Å². The fourth-order valence-electron chi connectivity index (χ4n) is 5.08. The van der Waals surface area contributed by atoms with E-state index in [1.807, 2.05) is 0 Å². The van der Waals surface area contributed by atoms with Crippen LogP contribution in [0.5, 0.6) is 0 Å². The van der Waals surface area contributed by atoms with Crippen molar-refractivity contribution in [3.8, 4) is 0 Å². The highest BCUT2D eigenvalue weighted by molar-refractivity contribution is 6.13. The van der Waals surface area contributed by atoms with E-state index in [-0.39, 0.29) is 30.9 Å². The van der Waals surface area contributed by atoms with Crippen LogP contribution in [0.15, 0.2) is 12.1 Å². The zero-order valence-electron chi connectivity index (χ0n) is 17.1. The molecule has 1 saturated heterocycles. The number of hydrogen-bond acceptors (Lipinski definition) is 5. The van der Waals surface area contributed by atoms with Crippen molar-refractivity contribution in [2.45, 2.75) is 82.9 Å². The molecule has 0 aromatic carbocycles. The Bertz CT molecular complexity index is 738. The second-order valence-electron chi connectivity index (χ2n) is 8.59. The summed E-state index contributed by atoms with van der Waals surface area (Å²) >= 11 is 0. The molecule has 2 amide bonds. The number of nitrogens with zero attached hydrogens (tertiary/aromatic N) is 3. The molecule has 0 spiro atoms. The molecule has 1 aromatic heterocycles. The molecule has 7 heteroatoms.